The van der Waals surface area contributed by atoms with Gasteiger partial charge in [-0.25, -0.2) is 0 Å². The summed E-state index contributed by atoms with van der Waals surface area (Å²) in [4.78, 5) is 6.47. The molecule has 0 N–H and O–H groups in total. The standard InChI is InChI=1S/C12H8N4/c13-15-9-5-8-2-1-7-3-4-11(16-14)10(6-9)12(7)8/h3-6H,1-2H2/q+2. The molecule has 2 aromatic rings. The molecule has 0 aromatic heterocycles. The highest BCUT2D eigenvalue weighted by atomic mass is 14.9. The van der Waals surface area contributed by atoms with Crippen LogP contribution in [0.4, 0.5) is 11.4 Å². The van der Waals surface area contributed by atoms with Crippen LogP contribution in [0.3, 0.4) is 0 Å². The summed E-state index contributed by atoms with van der Waals surface area (Å²) in [7, 11) is 0. The van der Waals surface area contributed by atoms with E-state index in [9.17, 15) is 0 Å². The summed E-state index contributed by atoms with van der Waals surface area (Å²) in [5.41, 5.74) is 3.45. The molecule has 0 aliphatic heterocycles. The normalized spacial score (nSPS) is 12.4. The Labute approximate surface area is 91.8 Å². The number of aryl methyl sites for hydroxylation is 2. The number of rotatable bonds is 0. The zero-order chi connectivity index (χ0) is 11.1. The SMILES string of the molecule is N#[N+]c1cc2c3c(ccc([N+]#N)c3c1)CC2. The van der Waals surface area contributed by atoms with Crippen molar-refractivity contribution in [1.82, 2.24) is 0 Å². The van der Waals surface area contributed by atoms with Gasteiger partial charge in [-0.2, -0.15) is 0 Å². The first-order valence-electron chi connectivity index (χ1n) is 5.12. The maximum absolute atomic E-state index is 8.93. The molecule has 1 aliphatic carbocycles. The molecule has 0 saturated heterocycles. The second-order valence-corrected chi connectivity index (χ2v) is 3.97. The van der Waals surface area contributed by atoms with Gasteiger partial charge >= 0.3 is 11.4 Å². The van der Waals surface area contributed by atoms with Gasteiger partial charge in [0.05, 0.1) is 5.39 Å². The Bertz CT molecular complexity index is 689. The number of hydrogen-bond acceptors (Lipinski definition) is 2. The molecule has 16 heavy (non-hydrogen) atoms. The van der Waals surface area contributed by atoms with Gasteiger partial charge in [0.25, 0.3) is 0 Å². The summed E-state index contributed by atoms with van der Waals surface area (Å²) in [6.07, 6.45) is 1.94. The zero-order valence-electron chi connectivity index (χ0n) is 8.51. The van der Waals surface area contributed by atoms with E-state index in [2.05, 4.69) is 9.95 Å². The molecule has 3 rings (SSSR count). The highest BCUT2D eigenvalue weighted by Crippen LogP contribution is 2.39. The first-order chi connectivity index (χ1) is 7.83. The van der Waals surface area contributed by atoms with E-state index in [-0.39, 0.29) is 0 Å². The molecule has 0 heterocycles. The third-order valence-corrected chi connectivity index (χ3v) is 3.13. The lowest BCUT2D eigenvalue weighted by Gasteiger charge is -1.96. The predicted molar refractivity (Wildman–Crippen MR) is 60.8 cm³/mol. The van der Waals surface area contributed by atoms with Gasteiger partial charge in [0.2, 0.25) is 10.8 Å². The van der Waals surface area contributed by atoms with Gasteiger partial charge in [0.1, 0.15) is 0 Å². The van der Waals surface area contributed by atoms with E-state index < -0.39 is 0 Å². The van der Waals surface area contributed by atoms with Crippen LogP contribution in [-0.4, -0.2) is 0 Å². The van der Waals surface area contributed by atoms with Crippen LogP contribution in [-0.2, 0) is 12.8 Å². The van der Waals surface area contributed by atoms with Crippen LogP contribution in [0, 0.1) is 10.8 Å². The number of hydrogen-bond donors (Lipinski definition) is 0. The van der Waals surface area contributed by atoms with Crippen molar-refractivity contribution in [3.05, 3.63) is 45.3 Å². The topological polar surface area (TPSA) is 56.3 Å². The Morgan fingerprint density at radius 2 is 1.75 bits per heavy atom. The second-order valence-electron chi connectivity index (χ2n) is 3.97. The highest BCUT2D eigenvalue weighted by Gasteiger charge is 2.24. The van der Waals surface area contributed by atoms with Gasteiger partial charge in [-0.3, -0.25) is 0 Å². The van der Waals surface area contributed by atoms with E-state index in [0.29, 0.717) is 11.4 Å². The molecule has 4 heteroatoms. The van der Waals surface area contributed by atoms with Crippen LogP contribution >= 0.6 is 0 Å². The summed E-state index contributed by atoms with van der Waals surface area (Å²) in [6, 6.07) is 7.39. The van der Waals surface area contributed by atoms with Crippen molar-refractivity contribution in [2.24, 2.45) is 0 Å². The predicted octanol–water partition coefficient (Wildman–Crippen LogP) is 3.91. The fourth-order valence-corrected chi connectivity index (χ4v) is 2.44. The largest absolute Gasteiger partial charge is 0.393 e. The molecule has 0 fully saturated rings. The molecule has 1 aliphatic rings. The summed E-state index contributed by atoms with van der Waals surface area (Å²) >= 11 is 0. The van der Waals surface area contributed by atoms with E-state index in [1.54, 1.807) is 12.1 Å². The maximum Gasteiger partial charge on any atom is 0.393 e. The van der Waals surface area contributed by atoms with E-state index in [1.165, 1.54) is 5.56 Å². The summed E-state index contributed by atoms with van der Waals surface area (Å²) in [5.74, 6) is 0. The quantitative estimate of drug-likeness (QED) is 0.616. The van der Waals surface area contributed by atoms with Crippen LogP contribution in [0.15, 0.2) is 24.3 Å². The Balaban J connectivity index is 2.53. The van der Waals surface area contributed by atoms with E-state index >= 15 is 0 Å². The molecule has 0 saturated carbocycles. The third kappa shape index (κ3) is 1.01. The average molecular weight is 208 g/mol. The molecular formula is C12H8N4+2. The minimum Gasteiger partial charge on any atom is -0.0503 e. The van der Waals surface area contributed by atoms with Crippen LogP contribution in [0.1, 0.15) is 11.1 Å². The van der Waals surface area contributed by atoms with E-state index in [4.69, 9.17) is 10.8 Å². The zero-order valence-corrected chi connectivity index (χ0v) is 8.51. The minimum absolute atomic E-state index is 0.506. The van der Waals surface area contributed by atoms with Gasteiger partial charge in [0, 0.05) is 18.2 Å². The maximum atomic E-state index is 8.93. The minimum atomic E-state index is 0.506. The molecule has 74 valence electrons. The van der Waals surface area contributed by atoms with Crippen molar-refractivity contribution < 1.29 is 0 Å². The van der Waals surface area contributed by atoms with Gasteiger partial charge in [0.15, 0.2) is 9.95 Å². The van der Waals surface area contributed by atoms with Crippen molar-refractivity contribution in [2.45, 2.75) is 12.8 Å². The summed E-state index contributed by atoms with van der Waals surface area (Å²) in [6.45, 7) is 0. The van der Waals surface area contributed by atoms with Gasteiger partial charge in [-0.15, -0.1) is 0 Å². The summed E-state index contributed by atoms with van der Waals surface area (Å²) < 4.78 is 0. The van der Waals surface area contributed by atoms with Crippen molar-refractivity contribution in [3.8, 4) is 0 Å². The van der Waals surface area contributed by atoms with Gasteiger partial charge in [-0.1, -0.05) is 6.07 Å². The van der Waals surface area contributed by atoms with Crippen molar-refractivity contribution >= 4 is 22.1 Å². The summed E-state index contributed by atoms with van der Waals surface area (Å²) in [5, 5.41) is 19.8. The van der Waals surface area contributed by atoms with E-state index in [0.717, 1.165) is 29.2 Å². The fourth-order valence-electron chi connectivity index (χ4n) is 2.44. The third-order valence-electron chi connectivity index (χ3n) is 3.13. The fraction of sp³-hybridized carbons (Fsp3) is 0.167. The molecule has 0 unspecified atom stereocenters. The monoisotopic (exact) mass is 208 g/mol. The van der Waals surface area contributed by atoms with Crippen molar-refractivity contribution in [2.75, 3.05) is 0 Å². The molecule has 0 radical (unpaired) electrons. The molecule has 0 bridgehead atoms. The Morgan fingerprint density at radius 1 is 0.938 bits per heavy atom. The molecule has 0 spiro atoms. The van der Waals surface area contributed by atoms with Crippen molar-refractivity contribution in [1.29, 1.82) is 10.8 Å². The van der Waals surface area contributed by atoms with Crippen molar-refractivity contribution in [3.63, 3.8) is 0 Å². The Morgan fingerprint density at radius 3 is 2.50 bits per heavy atom. The van der Waals surface area contributed by atoms with E-state index in [1.807, 2.05) is 12.1 Å². The molecule has 0 amide bonds. The first-order valence-corrected chi connectivity index (χ1v) is 5.12. The van der Waals surface area contributed by atoms with Crippen LogP contribution in [0.5, 0.6) is 0 Å². The van der Waals surface area contributed by atoms with Crippen LogP contribution in [0.2, 0.25) is 0 Å². The average Bonchev–Trinajstić information content (AvgIpc) is 2.74. The lowest BCUT2D eigenvalue weighted by Crippen LogP contribution is -1.79. The number of diazo groups is 2. The molecule has 0 atom stereocenters. The Hall–Kier alpha value is -2.46. The lowest BCUT2D eigenvalue weighted by atomic mass is 10.0. The smallest absolute Gasteiger partial charge is 0.0503 e. The second kappa shape index (κ2) is 3.01. The van der Waals surface area contributed by atoms with Crippen LogP contribution in [0.25, 0.3) is 20.7 Å². The number of nitrogens with zero attached hydrogens (tertiary/aromatic N) is 4. The number of benzene rings is 2. The van der Waals surface area contributed by atoms with Gasteiger partial charge < -0.3 is 0 Å². The molecular weight excluding hydrogens is 200 g/mol. The Kier molecular flexibility index (Phi) is 1.66. The van der Waals surface area contributed by atoms with Gasteiger partial charge in [-0.05, 0) is 29.4 Å². The molecule has 2 aromatic carbocycles. The highest BCUT2D eigenvalue weighted by molar-refractivity contribution is 6.01. The van der Waals surface area contributed by atoms with Crippen LogP contribution < -0.4 is 0 Å². The first kappa shape index (κ1) is 8.82. The lowest BCUT2D eigenvalue weighted by molar-refractivity contribution is 1.02. The molecule has 4 nitrogen and oxygen atoms in total.